The minimum atomic E-state index is -3.10. The molecule has 1 N–H and O–H groups in total. The van der Waals surface area contributed by atoms with E-state index in [4.69, 9.17) is 25.6 Å². The summed E-state index contributed by atoms with van der Waals surface area (Å²) in [5.41, 5.74) is -0.583. The van der Waals surface area contributed by atoms with Gasteiger partial charge in [0.15, 0.2) is 0 Å². The molecule has 0 bridgehead atoms. The topological polar surface area (TPSA) is 59.5 Å². The van der Waals surface area contributed by atoms with E-state index < -0.39 is 18.9 Å². The lowest BCUT2D eigenvalue weighted by Crippen LogP contribution is -2.21. The second kappa shape index (κ2) is 3.76. The first-order chi connectivity index (χ1) is 10.6. The molecule has 0 spiro atoms. The van der Waals surface area contributed by atoms with E-state index in [-0.39, 0.29) is 25.8 Å². The lowest BCUT2D eigenvalue weighted by molar-refractivity contribution is 0.737. The van der Waals surface area contributed by atoms with Crippen LogP contribution >= 0.6 is 23.6 Å². The smallest absolute Gasteiger partial charge is 0.271 e. The Morgan fingerprint density at radius 3 is 3.39 bits per heavy atom. The molecular formula is C10H7N5OS2. The lowest BCUT2D eigenvalue weighted by atomic mass is 10.4. The van der Waals surface area contributed by atoms with Crippen LogP contribution in [0.25, 0.3) is 20.8 Å². The van der Waals surface area contributed by atoms with Crippen LogP contribution in [0.3, 0.4) is 0 Å². The van der Waals surface area contributed by atoms with Gasteiger partial charge >= 0.3 is 0 Å². The van der Waals surface area contributed by atoms with Crippen molar-refractivity contribution in [2.24, 2.45) is 0 Å². The Hall–Kier alpha value is -1.98. The van der Waals surface area contributed by atoms with Crippen LogP contribution in [0, 0.1) is 11.3 Å². The molecular weight excluding hydrogens is 270 g/mol. The van der Waals surface area contributed by atoms with Crippen molar-refractivity contribution in [3.8, 4) is 0 Å². The molecule has 0 saturated heterocycles. The third-order valence-electron chi connectivity index (χ3n) is 2.41. The molecule has 0 radical (unpaired) electrons. The van der Waals surface area contributed by atoms with E-state index in [1.165, 1.54) is 10.5 Å². The molecule has 0 atom stereocenters. The third-order valence-corrected chi connectivity index (χ3v) is 3.69. The molecule has 0 unspecified atom stereocenters. The molecule has 18 heavy (non-hydrogen) atoms. The fraction of sp³-hybridized carbons (Fsp3) is 0.200. The molecule has 0 aromatic carbocycles. The average molecular weight is 282 g/mol. The van der Waals surface area contributed by atoms with Gasteiger partial charge in [-0.3, -0.25) is 13.8 Å². The Morgan fingerprint density at radius 2 is 2.67 bits per heavy atom. The Morgan fingerprint density at radius 1 is 1.83 bits per heavy atom. The Labute approximate surface area is 117 Å². The highest BCUT2D eigenvalue weighted by molar-refractivity contribution is 7.71. The summed E-state index contributed by atoms with van der Waals surface area (Å²) < 4.78 is 39.7. The van der Waals surface area contributed by atoms with Crippen molar-refractivity contribution in [3.63, 3.8) is 0 Å². The summed E-state index contributed by atoms with van der Waals surface area (Å²) in [6.45, 7) is 0.955. The largest absolute Gasteiger partial charge is 0.276 e. The van der Waals surface area contributed by atoms with Gasteiger partial charge in [-0.2, -0.15) is 0 Å². The Kier molecular flexibility index (Phi) is 1.42. The minimum absolute atomic E-state index is 0.0362. The summed E-state index contributed by atoms with van der Waals surface area (Å²) in [6.07, 6.45) is 0. The zero-order chi connectivity index (χ0) is 17.2. The molecule has 3 rings (SSSR count). The minimum Gasteiger partial charge on any atom is -0.276 e. The molecule has 0 aliphatic rings. The maximum absolute atomic E-state index is 12.7. The highest BCUT2D eigenvalue weighted by atomic mass is 32.1. The number of nitrogens with one attached hydrogen (secondary N) is 1. The van der Waals surface area contributed by atoms with Crippen molar-refractivity contribution in [3.05, 3.63) is 32.6 Å². The molecule has 0 amide bonds. The molecule has 0 fully saturated rings. The number of H-pyrrole nitrogens is 1. The number of nitrogens with zero attached hydrogens (tertiary/aromatic N) is 4. The molecule has 3 heterocycles. The number of aromatic nitrogens is 4. The summed E-state index contributed by atoms with van der Waals surface area (Å²) in [4.78, 5) is 15.9. The Bertz CT molecular complexity index is 1100. The van der Waals surface area contributed by atoms with Crippen LogP contribution in [0.4, 0.5) is 5.00 Å². The van der Waals surface area contributed by atoms with Gasteiger partial charge < -0.3 is 0 Å². The van der Waals surface area contributed by atoms with Crippen molar-refractivity contribution in [1.29, 1.82) is 0 Å². The van der Waals surface area contributed by atoms with E-state index in [9.17, 15) is 4.79 Å². The van der Waals surface area contributed by atoms with Crippen LogP contribution in [0.2, 0.25) is 0 Å². The van der Waals surface area contributed by atoms with E-state index in [1.54, 1.807) is 0 Å². The number of fused-ring (bicyclic) bond motifs is 3. The molecule has 3 aromatic heterocycles. The number of hydrogen-bond acceptors (Lipinski definition) is 4. The first-order valence-corrected chi connectivity index (χ1v) is 5.85. The van der Waals surface area contributed by atoms with Crippen LogP contribution in [-0.4, -0.2) is 19.2 Å². The van der Waals surface area contributed by atoms with E-state index in [0.29, 0.717) is 4.57 Å². The fourth-order valence-electron chi connectivity index (χ4n) is 1.69. The maximum Gasteiger partial charge on any atom is 0.271 e. The zero-order valence-electron chi connectivity index (χ0n) is 13.6. The van der Waals surface area contributed by atoms with Gasteiger partial charge in [0.1, 0.15) is 4.70 Å². The quantitative estimate of drug-likeness (QED) is 0.550. The first-order valence-electron chi connectivity index (χ1n) is 7.13. The van der Waals surface area contributed by atoms with E-state index >= 15 is 0 Å². The molecule has 0 aliphatic carbocycles. The number of aromatic amines is 1. The van der Waals surface area contributed by atoms with Gasteiger partial charge in [-0.05, 0) is 25.1 Å². The second-order valence-corrected chi connectivity index (χ2v) is 4.74. The van der Waals surface area contributed by atoms with E-state index in [2.05, 4.69) is 15.0 Å². The van der Waals surface area contributed by atoms with Gasteiger partial charge in [0.05, 0.1) is 12.1 Å². The van der Waals surface area contributed by atoms with Crippen LogP contribution in [0.5, 0.6) is 0 Å². The SMILES string of the molecule is [2H]C([2H])([2H])C([2H])([2H])n1c(=O)c2sc([N+]#[C-])cc2n2c(=S)[nH]nc12. The average Bonchev–Trinajstić information content (AvgIpc) is 3.01. The predicted octanol–water partition coefficient (Wildman–Crippen LogP) is 2.34. The second-order valence-electron chi connectivity index (χ2n) is 3.33. The number of thiophene rings is 1. The number of hydrogen-bond donors (Lipinski definition) is 1. The highest BCUT2D eigenvalue weighted by Crippen LogP contribution is 2.30. The molecule has 6 nitrogen and oxygen atoms in total. The highest BCUT2D eigenvalue weighted by Gasteiger charge is 2.15. The van der Waals surface area contributed by atoms with Crippen LogP contribution in [0.15, 0.2) is 10.9 Å². The zero-order valence-corrected chi connectivity index (χ0v) is 10.2. The molecule has 0 aliphatic heterocycles. The summed E-state index contributed by atoms with van der Waals surface area (Å²) >= 11 is 5.92. The molecule has 3 aromatic rings. The summed E-state index contributed by atoms with van der Waals surface area (Å²) in [5.74, 6) is -0.261. The van der Waals surface area contributed by atoms with Crippen molar-refractivity contribution in [2.75, 3.05) is 0 Å². The Balaban J connectivity index is 2.62. The van der Waals surface area contributed by atoms with Crippen molar-refractivity contribution < 1.29 is 6.85 Å². The first kappa shape index (κ1) is 6.82. The predicted molar refractivity (Wildman–Crippen MR) is 72.0 cm³/mol. The van der Waals surface area contributed by atoms with Crippen LogP contribution < -0.4 is 5.56 Å². The van der Waals surface area contributed by atoms with Crippen LogP contribution in [-0.2, 0) is 6.50 Å². The summed E-state index contributed by atoms with van der Waals surface area (Å²) in [7, 11) is 0. The van der Waals surface area contributed by atoms with Gasteiger partial charge in [0, 0.05) is 13.4 Å². The van der Waals surface area contributed by atoms with Crippen molar-refractivity contribution >= 4 is 44.6 Å². The molecule has 8 heteroatoms. The van der Waals surface area contributed by atoms with Gasteiger partial charge in [0.2, 0.25) is 15.5 Å². The van der Waals surface area contributed by atoms with Gasteiger partial charge in [-0.15, -0.1) is 16.4 Å². The van der Waals surface area contributed by atoms with Gasteiger partial charge in [-0.25, -0.2) is 9.94 Å². The summed E-state index contributed by atoms with van der Waals surface area (Å²) in [6, 6.07) is 1.43. The molecule has 0 saturated carbocycles. The maximum atomic E-state index is 12.7. The summed E-state index contributed by atoms with van der Waals surface area (Å²) in [5, 5.41) is 6.41. The number of rotatable bonds is 1. The standard InChI is InChI=1S/C10H7N5OS2/c1-3-14-8(16)7-5(4-6(11-2)18-7)15-9(14)12-13-10(15)17/h4H,3H2,1H3,(H,13,17)/i1D3,3D2. The third kappa shape index (κ3) is 1.28. The van der Waals surface area contributed by atoms with Gasteiger partial charge in [-0.1, -0.05) is 0 Å². The molecule has 90 valence electrons. The van der Waals surface area contributed by atoms with E-state index in [0.717, 1.165) is 11.3 Å². The van der Waals surface area contributed by atoms with Crippen molar-refractivity contribution in [1.82, 2.24) is 19.2 Å². The van der Waals surface area contributed by atoms with E-state index in [1.807, 2.05) is 0 Å². The fourth-order valence-corrected chi connectivity index (χ4v) is 2.78. The normalized spacial score (nSPS) is 16.7. The van der Waals surface area contributed by atoms with Gasteiger partial charge in [0.25, 0.3) is 5.56 Å². The number of aryl methyl sites for hydroxylation is 1. The monoisotopic (exact) mass is 282 g/mol. The van der Waals surface area contributed by atoms with Crippen LogP contribution in [0.1, 0.15) is 13.7 Å². The lowest BCUT2D eigenvalue weighted by Gasteiger charge is -2.04. The van der Waals surface area contributed by atoms with Crippen molar-refractivity contribution in [2.45, 2.75) is 13.3 Å².